The summed E-state index contributed by atoms with van der Waals surface area (Å²) in [6.45, 7) is 3.58. The molecule has 1 amide bonds. The van der Waals surface area contributed by atoms with E-state index in [1.807, 2.05) is 0 Å². The van der Waals surface area contributed by atoms with Crippen LogP contribution in [0.15, 0.2) is 18.2 Å². The largest absolute Gasteiger partial charge is 0.416 e. The third-order valence-electron chi connectivity index (χ3n) is 3.07. The Hall–Kier alpha value is -1.80. The van der Waals surface area contributed by atoms with Crippen LogP contribution >= 0.6 is 12.4 Å². The van der Waals surface area contributed by atoms with Crippen molar-refractivity contribution in [3.05, 3.63) is 23.8 Å². The number of hydrogen-bond acceptors (Lipinski definition) is 3. The lowest BCUT2D eigenvalue weighted by molar-refractivity contribution is -0.137. The van der Waals surface area contributed by atoms with E-state index in [0.29, 0.717) is 5.52 Å². The molecule has 2 rings (SSSR count). The highest BCUT2D eigenvalue weighted by atomic mass is 35.5. The van der Waals surface area contributed by atoms with Crippen molar-refractivity contribution in [2.75, 3.05) is 5.32 Å². The molecule has 9 heteroatoms. The number of anilines is 1. The first-order chi connectivity index (χ1) is 9.68. The minimum absolute atomic E-state index is 0. The van der Waals surface area contributed by atoms with Crippen LogP contribution in [0.4, 0.5) is 19.1 Å². The van der Waals surface area contributed by atoms with Gasteiger partial charge in [0, 0.05) is 0 Å². The molecule has 0 radical (unpaired) electrons. The number of rotatable bonds is 3. The van der Waals surface area contributed by atoms with Crippen LogP contribution in [-0.4, -0.2) is 21.9 Å². The van der Waals surface area contributed by atoms with E-state index in [1.165, 1.54) is 6.07 Å². The zero-order chi connectivity index (χ0) is 15.8. The van der Waals surface area contributed by atoms with Gasteiger partial charge in [0.2, 0.25) is 11.9 Å². The number of imidazole rings is 1. The van der Waals surface area contributed by atoms with E-state index >= 15 is 0 Å². The highest BCUT2D eigenvalue weighted by Crippen LogP contribution is 2.31. The summed E-state index contributed by atoms with van der Waals surface area (Å²) in [5, 5.41) is 2.46. The maximum atomic E-state index is 12.6. The number of amides is 1. The molecule has 0 bridgehead atoms. The van der Waals surface area contributed by atoms with E-state index in [9.17, 15) is 18.0 Å². The number of H-pyrrole nitrogens is 1. The predicted octanol–water partition coefficient (Wildman–Crippen LogP) is 2.93. The zero-order valence-corrected chi connectivity index (χ0v) is 12.7. The number of carbonyl (C=O) groups is 1. The van der Waals surface area contributed by atoms with Crippen molar-refractivity contribution in [3.63, 3.8) is 0 Å². The average Bonchev–Trinajstić information content (AvgIpc) is 2.77. The number of aromatic amines is 1. The van der Waals surface area contributed by atoms with Crippen LogP contribution in [0.1, 0.15) is 19.4 Å². The first-order valence-corrected chi connectivity index (χ1v) is 6.32. The van der Waals surface area contributed by atoms with E-state index < -0.39 is 23.7 Å². The van der Waals surface area contributed by atoms with Gasteiger partial charge in [-0.25, -0.2) is 4.98 Å². The SMILES string of the molecule is CC(C)[C@H](N)C(=O)Nc1nc2ccc(C(F)(F)F)cc2[nH]1.Cl. The summed E-state index contributed by atoms with van der Waals surface area (Å²) in [5.74, 6) is -0.434. The third-order valence-corrected chi connectivity index (χ3v) is 3.07. The summed E-state index contributed by atoms with van der Waals surface area (Å²) in [6, 6.07) is 2.41. The van der Waals surface area contributed by atoms with Gasteiger partial charge in [-0.2, -0.15) is 13.2 Å². The molecule has 1 heterocycles. The molecule has 0 aliphatic rings. The number of aromatic nitrogens is 2. The summed E-state index contributed by atoms with van der Waals surface area (Å²) in [6.07, 6.45) is -4.43. The van der Waals surface area contributed by atoms with Crippen LogP contribution in [0.2, 0.25) is 0 Å². The normalized spacial score (nSPS) is 13.0. The average molecular weight is 337 g/mol. The van der Waals surface area contributed by atoms with Crippen LogP contribution in [0, 0.1) is 5.92 Å². The minimum atomic E-state index is -4.43. The molecule has 122 valence electrons. The quantitative estimate of drug-likeness (QED) is 0.805. The van der Waals surface area contributed by atoms with Crippen LogP contribution in [0.3, 0.4) is 0 Å². The molecule has 0 unspecified atom stereocenters. The number of halogens is 4. The maximum absolute atomic E-state index is 12.6. The number of nitrogens with zero attached hydrogens (tertiary/aromatic N) is 1. The second kappa shape index (κ2) is 6.53. The smallest absolute Gasteiger partial charge is 0.324 e. The molecule has 0 spiro atoms. The second-order valence-electron chi connectivity index (χ2n) is 5.07. The molecule has 0 saturated carbocycles. The standard InChI is InChI=1S/C13H15F3N4O.ClH/c1-6(2)10(17)11(21)20-12-18-8-4-3-7(13(14,15)16)5-9(8)19-12;/h3-6,10H,17H2,1-2H3,(H2,18,19,20,21);1H/t10-;/m0./s1. The Kier molecular flexibility index (Phi) is 5.42. The first kappa shape index (κ1) is 18.2. The van der Waals surface area contributed by atoms with Gasteiger partial charge in [0.05, 0.1) is 22.6 Å². The summed E-state index contributed by atoms with van der Waals surface area (Å²) in [5.41, 5.74) is 5.42. The van der Waals surface area contributed by atoms with Crippen molar-refractivity contribution >= 4 is 35.3 Å². The first-order valence-electron chi connectivity index (χ1n) is 6.32. The Morgan fingerprint density at radius 1 is 1.36 bits per heavy atom. The van der Waals surface area contributed by atoms with E-state index in [-0.39, 0.29) is 29.8 Å². The fourth-order valence-electron chi connectivity index (χ4n) is 1.75. The monoisotopic (exact) mass is 336 g/mol. The maximum Gasteiger partial charge on any atom is 0.416 e. The summed E-state index contributed by atoms with van der Waals surface area (Å²) < 4.78 is 37.8. The Morgan fingerprint density at radius 3 is 2.55 bits per heavy atom. The molecule has 1 atom stereocenters. The predicted molar refractivity (Wildman–Crippen MR) is 79.8 cm³/mol. The van der Waals surface area contributed by atoms with Gasteiger partial charge in [-0.05, 0) is 24.1 Å². The fraction of sp³-hybridized carbons (Fsp3) is 0.385. The fourth-order valence-corrected chi connectivity index (χ4v) is 1.75. The van der Waals surface area contributed by atoms with Gasteiger partial charge in [0.25, 0.3) is 0 Å². The summed E-state index contributed by atoms with van der Waals surface area (Å²) in [4.78, 5) is 18.4. The lowest BCUT2D eigenvalue weighted by atomic mass is 10.1. The summed E-state index contributed by atoms with van der Waals surface area (Å²) >= 11 is 0. The molecule has 22 heavy (non-hydrogen) atoms. The summed E-state index contributed by atoms with van der Waals surface area (Å²) in [7, 11) is 0. The second-order valence-corrected chi connectivity index (χ2v) is 5.07. The van der Waals surface area contributed by atoms with Crippen LogP contribution in [0.5, 0.6) is 0 Å². The number of carbonyl (C=O) groups excluding carboxylic acids is 1. The van der Waals surface area contributed by atoms with E-state index in [1.54, 1.807) is 13.8 Å². The molecule has 1 aromatic heterocycles. The van der Waals surface area contributed by atoms with Gasteiger partial charge in [-0.1, -0.05) is 13.8 Å². The third kappa shape index (κ3) is 3.89. The molecular weight excluding hydrogens is 321 g/mol. The van der Waals surface area contributed by atoms with Gasteiger partial charge in [0.1, 0.15) is 0 Å². The van der Waals surface area contributed by atoms with Gasteiger partial charge in [0.15, 0.2) is 0 Å². The van der Waals surface area contributed by atoms with Gasteiger partial charge in [-0.3, -0.25) is 10.1 Å². The van der Waals surface area contributed by atoms with Crippen molar-refractivity contribution in [1.29, 1.82) is 0 Å². The lowest BCUT2D eigenvalue weighted by Crippen LogP contribution is -2.39. The molecular formula is C13H16ClF3N4O. The molecule has 0 aliphatic heterocycles. The lowest BCUT2D eigenvalue weighted by Gasteiger charge is -2.13. The number of fused-ring (bicyclic) bond motifs is 1. The number of benzene rings is 1. The Morgan fingerprint density at radius 2 is 2.00 bits per heavy atom. The molecule has 0 saturated heterocycles. The molecule has 0 fully saturated rings. The van der Waals surface area contributed by atoms with Crippen LogP contribution < -0.4 is 11.1 Å². The Labute approximate surface area is 130 Å². The van der Waals surface area contributed by atoms with E-state index in [0.717, 1.165) is 12.1 Å². The van der Waals surface area contributed by atoms with Crippen molar-refractivity contribution in [1.82, 2.24) is 9.97 Å². The molecule has 4 N–H and O–H groups in total. The molecule has 0 aliphatic carbocycles. The number of nitrogens with two attached hydrogens (primary N) is 1. The highest BCUT2D eigenvalue weighted by molar-refractivity contribution is 5.94. The zero-order valence-electron chi connectivity index (χ0n) is 11.9. The Balaban J connectivity index is 0.00000242. The van der Waals surface area contributed by atoms with Crippen LogP contribution in [-0.2, 0) is 11.0 Å². The molecule has 2 aromatic rings. The van der Waals surface area contributed by atoms with Gasteiger partial charge in [-0.15, -0.1) is 12.4 Å². The number of nitrogens with one attached hydrogen (secondary N) is 2. The van der Waals surface area contributed by atoms with E-state index in [4.69, 9.17) is 5.73 Å². The number of hydrogen-bond donors (Lipinski definition) is 3. The van der Waals surface area contributed by atoms with Gasteiger partial charge < -0.3 is 10.7 Å². The topological polar surface area (TPSA) is 83.8 Å². The van der Waals surface area contributed by atoms with E-state index in [2.05, 4.69) is 15.3 Å². The van der Waals surface area contributed by atoms with Crippen molar-refractivity contribution in [2.24, 2.45) is 11.7 Å². The molecule has 1 aromatic carbocycles. The minimum Gasteiger partial charge on any atom is -0.324 e. The number of alkyl halides is 3. The van der Waals surface area contributed by atoms with Crippen molar-refractivity contribution in [3.8, 4) is 0 Å². The van der Waals surface area contributed by atoms with Crippen molar-refractivity contribution < 1.29 is 18.0 Å². The van der Waals surface area contributed by atoms with Crippen LogP contribution in [0.25, 0.3) is 11.0 Å². The van der Waals surface area contributed by atoms with Gasteiger partial charge >= 0.3 is 6.18 Å². The Bertz CT molecular complexity index is 669. The highest BCUT2D eigenvalue weighted by Gasteiger charge is 2.30. The molecule has 5 nitrogen and oxygen atoms in total. The van der Waals surface area contributed by atoms with Crippen molar-refractivity contribution in [2.45, 2.75) is 26.1 Å².